The fourth-order valence-electron chi connectivity index (χ4n) is 18.1. The van der Waals surface area contributed by atoms with Crippen molar-refractivity contribution < 1.29 is 8.83 Å². The maximum absolute atomic E-state index is 6.91. The normalized spacial score (nSPS) is 21.6. The largest absolute Gasteiger partial charge is 0.456 e. The van der Waals surface area contributed by atoms with E-state index in [0.29, 0.717) is 0 Å². The molecule has 9 aromatic carbocycles. The number of hydrogen-bond acceptors (Lipinski definition) is 5. The maximum atomic E-state index is 6.91. The minimum Gasteiger partial charge on any atom is -0.456 e. The van der Waals surface area contributed by atoms with Crippen molar-refractivity contribution in [3.8, 4) is 0 Å². The zero-order valence-corrected chi connectivity index (χ0v) is 52.6. The Morgan fingerprint density at radius 1 is 0.395 bits per heavy atom. The molecule has 428 valence electrons. The molecule has 2 unspecified atom stereocenters. The van der Waals surface area contributed by atoms with Crippen LogP contribution >= 0.6 is 0 Å². The van der Waals surface area contributed by atoms with E-state index in [1.807, 2.05) is 0 Å². The van der Waals surface area contributed by atoms with Crippen molar-refractivity contribution >= 4 is 112 Å². The van der Waals surface area contributed by atoms with Crippen molar-refractivity contribution in [2.24, 2.45) is 0 Å². The molecule has 0 amide bonds. The summed E-state index contributed by atoms with van der Waals surface area (Å²) in [4.78, 5) is 8.28. The molecule has 6 aliphatic rings. The lowest BCUT2D eigenvalue weighted by atomic mass is 9.32. The third-order valence-electron chi connectivity index (χ3n) is 23.3. The smallest absolute Gasteiger partial charge is 0.252 e. The van der Waals surface area contributed by atoms with Gasteiger partial charge in [-0.1, -0.05) is 193 Å². The average Bonchev–Trinajstić information content (AvgIpc) is 0.886. The van der Waals surface area contributed by atoms with Crippen LogP contribution in [0, 0.1) is 0 Å². The van der Waals surface area contributed by atoms with Crippen molar-refractivity contribution in [1.82, 2.24) is 0 Å². The molecule has 5 heterocycles. The van der Waals surface area contributed by atoms with Crippen LogP contribution in [0.15, 0.2) is 173 Å². The number of fused-ring (bicyclic) bond motifs is 16. The predicted molar refractivity (Wildman–Crippen MR) is 363 cm³/mol. The highest BCUT2D eigenvalue weighted by Gasteiger charge is 2.59. The van der Waals surface area contributed by atoms with Crippen LogP contribution in [0.3, 0.4) is 0 Å². The summed E-state index contributed by atoms with van der Waals surface area (Å²) in [6, 6.07) is 63.8. The van der Waals surface area contributed by atoms with Gasteiger partial charge in [-0.2, -0.15) is 0 Å². The highest BCUT2D eigenvalue weighted by atomic mass is 16.3. The molecule has 17 rings (SSSR count). The first kappa shape index (κ1) is 52.4. The second-order valence-corrected chi connectivity index (χ2v) is 30.6. The zero-order chi connectivity index (χ0) is 59.1. The van der Waals surface area contributed by atoms with Gasteiger partial charge in [0.1, 0.15) is 22.3 Å². The number of para-hydroxylation sites is 2. The Morgan fingerprint density at radius 2 is 0.872 bits per heavy atom. The molecule has 0 N–H and O–H groups in total. The third kappa shape index (κ3) is 6.69. The monoisotopic (exact) mass is 1120 g/mol. The van der Waals surface area contributed by atoms with Gasteiger partial charge in [0, 0.05) is 61.1 Å². The Labute approximate surface area is 508 Å². The van der Waals surface area contributed by atoms with E-state index < -0.39 is 0 Å². The first-order chi connectivity index (χ1) is 41.0. The van der Waals surface area contributed by atoms with Crippen LogP contribution in [-0.4, -0.2) is 12.3 Å². The summed E-state index contributed by atoms with van der Waals surface area (Å²) in [6.45, 7) is 32.1. The fourth-order valence-corrected chi connectivity index (χ4v) is 18.1. The predicted octanol–water partition coefficient (Wildman–Crippen LogP) is 19.9. The highest BCUT2D eigenvalue weighted by Crippen LogP contribution is 2.63. The molecular weight excluding hydrogens is 1050 g/mol. The van der Waals surface area contributed by atoms with Crippen molar-refractivity contribution in [3.63, 3.8) is 0 Å². The van der Waals surface area contributed by atoms with Gasteiger partial charge in [-0.25, -0.2) is 0 Å². The van der Waals surface area contributed by atoms with Crippen LogP contribution in [0.1, 0.15) is 173 Å². The summed E-state index contributed by atoms with van der Waals surface area (Å²) >= 11 is 0. The number of hydrogen-bond donors (Lipinski definition) is 0. The quantitative estimate of drug-likeness (QED) is 0.165. The maximum Gasteiger partial charge on any atom is 0.252 e. The summed E-state index contributed by atoms with van der Waals surface area (Å²) in [7, 11) is 0. The molecule has 0 spiro atoms. The SMILES string of the molecule is CC(C)(C)c1ccc2c(c1)C1(C)CCCCC1(C)N2c1cc2c3c(c1)N(c1cccc4oc5ccccc5c14)c1cc4c(cc1B3c1cc3c(cc1N2c1cccc2oc5ccccc5c12)C(C)(C)CCC3(C)C)C(C)(C)c1ccccc1C4(C)C. The summed E-state index contributed by atoms with van der Waals surface area (Å²) in [5.41, 5.74) is 27.7. The number of nitrogens with zero attached hydrogens (tertiary/aromatic N) is 3. The Kier molecular flexibility index (Phi) is 10.3. The van der Waals surface area contributed by atoms with Crippen molar-refractivity contribution in [2.45, 2.75) is 167 Å². The Balaban J connectivity index is 1.07. The van der Waals surface area contributed by atoms with Gasteiger partial charge in [0.25, 0.3) is 6.71 Å². The van der Waals surface area contributed by atoms with E-state index in [9.17, 15) is 0 Å². The molecule has 6 heteroatoms. The summed E-state index contributed by atoms with van der Waals surface area (Å²) in [6.07, 6.45) is 6.88. The molecule has 1 fully saturated rings. The van der Waals surface area contributed by atoms with Crippen LogP contribution in [0.2, 0.25) is 0 Å². The van der Waals surface area contributed by atoms with Gasteiger partial charge in [0.15, 0.2) is 0 Å². The van der Waals surface area contributed by atoms with Gasteiger partial charge in [-0.3, -0.25) is 0 Å². The standard InChI is InChI=1S/C80H78BN3O2/c1-74(2,3)47-34-35-60-57(40-47)79(12)36-20-21-37-80(79,13)84(60)48-41-65-73-66(42-48)83(62-29-23-33-70-72(62)50-25-15-19-31-68(50)86-70)64-46-56-55(77(8,9)51-26-16-17-27-52(51)78(56,10)11)44-59(64)81(73)58-43-53-54(76(6,7)39-38-75(53,4)5)45-63(58)82(65)61-28-22-32-69-71(61)49-24-14-18-30-67(49)85-69/h14-19,22-35,40-46H,20-21,36-39H2,1-13H3. The fraction of sp³-hybridized carbons (Fsp3) is 0.325. The molecule has 3 aliphatic carbocycles. The van der Waals surface area contributed by atoms with Crippen molar-refractivity contribution in [3.05, 3.63) is 208 Å². The van der Waals surface area contributed by atoms with Gasteiger partial charge in [0.2, 0.25) is 0 Å². The second kappa shape index (κ2) is 17.0. The molecule has 3 aliphatic heterocycles. The van der Waals surface area contributed by atoms with Gasteiger partial charge < -0.3 is 23.5 Å². The Bertz CT molecular complexity index is 4790. The van der Waals surface area contributed by atoms with Crippen LogP contribution in [0.25, 0.3) is 43.9 Å². The van der Waals surface area contributed by atoms with Crippen molar-refractivity contribution in [2.75, 3.05) is 14.7 Å². The summed E-state index contributed by atoms with van der Waals surface area (Å²) in [5.74, 6) is 0. The van der Waals surface area contributed by atoms with E-state index in [4.69, 9.17) is 8.83 Å². The highest BCUT2D eigenvalue weighted by molar-refractivity contribution is 7.00. The van der Waals surface area contributed by atoms with Gasteiger partial charge in [-0.05, 0) is 176 Å². The van der Waals surface area contributed by atoms with Gasteiger partial charge in [0.05, 0.1) is 27.7 Å². The van der Waals surface area contributed by atoms with E-state index >= 15 is 0 Å². The number of benzene rings is 9. The molecule has 0 radical (unpaired) electrons. The van der Waals surface area contributed by atoms with Crippen LogP contribution < -0.4 is 31.1 Å². The lowest BCUT2D eigenvalue weighted by Crippen LogP contribution is -2.62. The molecule has 0 bridgehead atoms. The topological polar surface area (TPSA) is 36.0 Å². The lowest BCUT2D eigenvalue weighted by Gasteiger charge is -2.52. The van der Waals surface area contributed by atoms with E-state index in [0.717, 1.165) is 80.9 Å². The first-order valence-electron chi connectivity index (χ1n) is 32.0. The Hall–Kier alpha value is -7.96. The summed E-state index contributed by atoms with van der Waals surface area (Å²) in [5, 5.41) is 4.51. The molecule has 1 saturated carbocycles. The zero-order valence-electron chi connectivity index (χ0n) is 52.6. The van der Waals surface area contributed by atoms with Crippen LogP contribution in [0.5, 0.6) is 0 Å². The third-order valence-corrected chi connectivity index (χ3v) is 23.3. The minimum absolute atomic E-state index is 0.00123. The molecule has 5 nitrogen and oxygen atoms in total. The lowest BCUT2D eigenvalue weighted by molar-refractivity contribution is 0.195. The molecule has 11 aromatic rings. The van der Waals surface area contributed by atoms with Crippen LogP contribution in [0.4, 0.5) is 45.5 Å². The molecule has 2 atom stereocenters. The average molecular weight is 1120 g/mol. The van der Waals surface area contributed by atoms with Crippen molar-refractivity contribution in [1.29, 1.82) is 0 Å². The number of anilines is 8. The van der Waals surface area contributed by atoms with E-state index in [2.05, 4.69) is 269 Å². The van der Waals surface area contributed by atoms with E-state index in [1.165, 1.54) is 108 Å². The van der Waals surface area contributed by atoms with Gasteiger partial charge >= 0.3 is 0 Å². The van der Waals surface area contributed by atoms with Crippen LogP contribution in [-0.2, 0) is 32.5 Å². The number of rotatable bonds is 3. The first-order valence-corrected chi connectivity index (χ1v) is 32.0. The Morgan fingerprint density at radius 3 is 1.43 bits per heavy atom. The molecule has 0 saturated heterocycles. The minimum atomic E-state index is -0.295. The molecule has 2 aromatic heterocycles. The van der Waals surface area contributed by atoms with Gasteiger partial charge in [-0.15, -0.1) is 0 Å². The van der Waals surface area contributed by atoms with E-state index in [-0.39, 0.29) is 44.7 Å². The second-order valence-electron chi connectivity index (χ2n) is 30.6. The van der Waals surface area contributed by atoms with E-state index in [1.54, 1.807) is 0 Å². The number of furan rings is 2. The molecule has 86 heavy (non-hydrogen) atoms. The summed E-state index contributed by atoms with van der Waals surface area (Å²) < 4.78 is 13.8. The molecular formula is C80H78BN3O2.